The van der Waals surface area contributed by atoms with Crippen LogP contribution in [0.2, 0.25) is 0 Å². The fourth-order valence-electron chi connectivity index (χ4n) is 2.61. The minimum absolute atomic E-state index is 0.0231. The molecule has 0 aliphatic heterocycles. The summed E-state index contributed by atoms with van der Waals surface area (Å²) in [5, 5.41) is 15.2. The number of hydrazone groups is 1. The number of nitrogens with one attached hydrogen (secondary N) is 2. The summed E-state index contributed by atoms with van der Waals surface area (Å²) in [6.45, 7) is 5.46. The zero-order valence-corrected chi connectivity index (χ0v) is 16.2. The number of benzene rings is 1. The molecule has 0 bridgehead atoms. The minimum atomic E-state index is -0.487. The number of aromatic nitrogens is 2. The number of nitrogens with zero attached hydrogens (tertiary/aromatic N) is 3. The van der Waals surface area contributed by atoms with Gasteiger partial charge in [-0.2, -0.15) is 5.10 Å². The van der Waals surface area contributed by atoms with Crippen molar-refractivity contribution in [3.05, 3.63) is 66.6 Å². The lowest BCUT2D eigenvalue weighted by atomic mass is 10.1. The number of rotatable bonds is 5. The van der Waals surface area contributed by atoms with Crippen molar-refractivity contribution in [2.24, 2.45) is 5.10 Å². The molecule has 0 aliphatic rings. The zero-order chi connectivity index (χ0) is 20.4. The first kappa shape index (κ1) is 19.4. The number of non-ortho nitro benzene ring substituents is 1. The van der Waals surface area contributed by atoms with Gasteiger partial charge in [0.15, 0.2) is 0 Å². The normalized spacial score (nSPS) is 11.6. The highest BCUT2D eigenvalue weighted by Gasteiger charge is 2.13. The first-order valence-corrected chi connectivity index (χ1v) is 9.14. The number of nitro benzene ring substituents is 1. The van der Waals surface area contributed by atoms with E-state index in [0.717, 1.165) is 10.4 Å². The van der Waals surface area contributed by atoms with Crippen LogP contribution in [0.25, 0.3) is 10.2 Å². The third-order valence-electron chi connectivity index (χ3n) is 4.26. The van der Waals surface area contributed by atoms with Crippen LogP contribution < -0.4 is 11.0 Å². The Hall–Kier alpha value is -3.40. The van der Waals surface area contributed by atoms with Crippen molar-refractivity contribution in [1.82, 2.24) is 15.4 Å². The molecule has 0 spiro atoms. The first-order chi connectivity index (χ1) is 13.3. The highest BCUT2D eigenvalue weighted by Crippen LogP contribution is 2.25. The maximum absolute atomic E-state index is 12.2. The maximum Gasteiger partial charge on any atom is 0.269 e. The van der Waals surface area contributed by atoms with E-state index < -0.39 is 10.8 Å². The second-order valence-electron chi connectivity index (χ2n) is 6.19. The summed E-state index contributed by atoms with van der Waals surface area (Å²) in [5.74, 6) is -0.173. The Kier molecular flexibility index (Phi) is 5.32. The highest BCUT2D eigenvalue weighted by molar-refractivity contribution is 7.18. The minimum Gasteiger partial charge on any atom is -0.309 e. The van der Waals surface area contributed by atoms with E-state index in [1.807, 2.05) is 13.8 Å². The van der Waals surface area contributed by atoms with Crippen LogP contribution in [-0.2, 0) is 11.2 Å². The van der Waals surface area contributed by atoms with Crippen molar-refractivity contribution in [3.63, 3.8) is 0 Å². The lowest BCUT2D eigenvalue weighted by Gasteiger charge is -2.03. The zero-order valence-electron chi connectivity index (χ0n) is 15.4. The highest BCUT2D eigenvalue weighted by atomic mass is 32.1. The number of carbonyl (C=O) groups is 1. The van der Waals surface area contributed by atoms with Crippen molar-refractivity contribution in [2.45, 2.75) is 27.2 Å². The molecule has 1 amide bonds. The van der Waals surface area contributed by atoms with Gasteiger partial charge in [0.1, 0.15) is 10.7 Å². The lowest BCUT2D eigenvalue weighted by Crippen LogP contribution is -2.24. The summed E-state index contributed by atoms with van der Waals surface area (Å²) in [7, 11) is 0. The van der Waals surface area contributed by atoms with E-state index in [2.05, 4.69) is 20.5 Å². The molecule has 0 radical (unpaired) electrons. The smallest absolute Gasteiger partial charge is 0.269 e. The van der Waals surface area contributed by atoms with Gasteiger partial charge in [0, 0.05) is 17.0 Å². The van der Waals surface area contributed by atoms with Crippen molar-refractivity contribution >= 4 is 38.9 Å². The lowest BCUT2D eigenvalue weighted by molar-refractivity contribution is -0.384. The molecule has 28 heavy (non-hydrogen) atoms. The predicted octanol–water partition coefficient (Wildman–Crippen LogP) is 2.59. The van der Waals surface area contributed by atoms with Crippen LogP contribution in [0.3, 0.4) is 0 Å². The van der Waals surface area contributed by atoms with Crippen LogP contribution in [0.1, 0.15) is 28.8 Å². The number of aromatic amines is 1. The molecule has 0 atom stereocenters. The van der Waals surface area contributed by atoms with Crippen LogP contribution >= 0.6 is 11.3 Å². The van der Waals surface area contributed by atoms with E-state index in [4.69, 9.17) is 0 Å². The summed E-state index contributed by atoms with van der Waals surface area (Å²) in [5.41, 5.74) is 4.15. The van der Waals surface area contributed by atoms with Crippen LogP contribution in [0.15, 0.2) is 34.2 Å². The first-order valence-electron chi connectivity index (χ1n) is 8.33. The van der Waals surface area contributed by atoms with Crippen LogP contribution in [-0.4, -0.2) is 26.5 Å². The molecule has 3 rings (SSSR count). The Morgan fingerprint density at radius 2 is 2.00 bits per heavy atom. The van der Waals surface area contributed by atoms with Gasteiger partial charge in [-0.1, -0.05) is 0 Å². The number of hydrogen-bond donors (Lipinski definition) is 2. The molecular weight excluding hydrogens is 382 g/mol. The largest absolute Gasteiger partial charge is 0.309 e. The van der Waals surface area contributed by atoms with Crippen molar-refractivity contribution in [1.29, 1.82) is 0 Å². The summed E-state index contributed by atoms with van der Waals surface area (Å²) in [6, 6.07) is 5.84. The third kappa shape index (κ3) is 3.96. The Bertz CT molecular complexity index is 1160. The standard InChI is InChI=1S/C18H17N5O4S/c1-9-11(3)28-18-16(9)17(25)19-14(20-18)8-15(24)22-21-10(2)12-4-6-13(7-5-12)23(26)27/h4-7H,8H2,1-3H3,(H,22,24)(H,19,20,25)/b21-10-. The van der Waals surface area contributed by atoms with E-state index in [9.17, 15) is 19.7 Å². The van der Waals surface area contributed by atoms with Gasteiger partial charge in [0.05, 0.1) is 22.4 Å². The third-order valence-corrected chi connectivity index (χ3v) is 5.36. The summed E-state index contributed by atoms with van der Waals surface area (Å²) in [6.07, 6.45) is -0.127. The fourth-order valence-corrected chi connectivity index (χ4v) is 3.66. The number of hydrogen-bond acceptors (Lipinski definition) is 7. The number of carbonyl (C=O) groups excluding carboxylic acids is 1. The Balaban J connectivity index is 1.71. The Morgan fingerprint density at radius 3 is 2.64 bits per heavy atom. The molecule has 0 aliphatic carbocycles. The summed E-state index contributed by atoms with van der Waals surface area (Å²) < 4.78 is 0. The van der Waals surface area contributed by atoms with E-state index in [1.54, 1.807) is 19.1 Å². The SMILES string of the molecule is C/C(=N/NC(=O)Cc1nc2sc(C)c(C)c2c(=O)[nH]1)c1ccc([N+](=O)[O-])cc1. The van der Waals surface area contributed by atoms with Gasteiger partial charge in [-0.05, 0) is 44.0 Å². The number of nitro groups is 1. The second kappa shape index (κ2) is 7.69. The van der Waals surface area contributed by atoms with Gasteiger partial charge in [-0.15, -0.1) is 11.3 Å². The molecule has 0 fully saturated rings. The molecule has 2 N–H and O–H groups in total. The van der Waals surface area contributed by atoms with E-state index in [0.29, 0.717) is 21.5 Å². The summed E-state index contributed by atoms with van der Waals surface area (Å²) >= 11 is 1.41. The predicted molar refractivity (Wildman–Crippen MR) is 107 cm³/mol. The van der Waals surface area contributed by atoms with Gasteiger partial charge < -0.3 is 4.98 Å². The molecule has 0 saturated heterocycles. The van der Waals surface area contributed by atoms with Crippen LogP contribution in [0, 0.1) is 24.0 Å². The average molecular weight is 399 g/mol. The number of amides is 1. The van der Waals surface area contributed by atoms with Crippen molar-refractivity contribution < 1.29 is 9.72 Å². The number of H-pyrrole nitrogens is 1. The quantitative estimate of drug-likeness (QED) is 0.387. The van der Waals surface area contributed by atoms with Crippen LogP contribution in [0.4, 0.5) is 5.69 Å². The van der Waals surface area contributed by atoms with E-state index >= 15 is 0 Å². The van der Waals surface area contributed by atoms with Gasteiger partial charge in [-0.3, -0.25) is 19.7 Å². The second-order valence-corrected chi connectivity index (χ2v) is 7.39. The molecular formula is C18H17N5O4S. The number of thiophene rings is 1. The fraction of sp³-hybridized carbons (Fsp3) is 0.222. The van der Waals surface area contributed by atoms with Crippen molar-refractivity contribution in [3.8, 4) is 0 Å². The molecule has 10 heteroatoms. The summed E-state index contributed by atoms with van der Waals surface area (Å²) in [4.78, 5) is 43.2. The van der Waals surface area contributed by atoms with Gasteiger partial charge in [0.25, 0.3) is 11.2 Å². The van der Waals surface area contributed by atoms with Gasteiger partial charge in [0.2, 0.25) is 5.91 Å². The van der Waals surface area contributed by atoms with Gasteiger partial charge in [-0.25, -0.2) is 10.4 Å². The topological polar surface area (TPSA) is 130 Å². The average Bonchev–Trinajstić information content (AvgIpc) is 2.94. The monoisotopic (exact) mass is 399 g/mol. The molecule has 9 nitrogen and oxygen atoms in total. The molecule has 144 valence electrons. The molecule has 2 aromatic heterocycles. The molecule has 2 heterocycles. The van der Waals surface area contributed by atoms with E-state index in [1.165, 1.54) is 23.5 Å². The molecule has 0 saturated carbocycles. The van der Waals surface area contributed by atoms with E-state index in [-0.39, 0.29) is 23.5 Å². The van der Waals surface area contributed by atoms with Crippen molar-refractivity contribution in [2.75, 3.05) is 0 Å². The Labute approximate surface area is 163 Å². The number of fused-ring (bicyclic) bond motifs is 1. The number of aryl methyl sites for hydroxylation is 2. The van der Waals surface area contributed by atoms with Gasteiger partial charge >= 0.3 is 0 Å². The van der Waals surface area contributed by atoms with Crippen LogP contribution in [0.5, 0.6) is 0 Å². The maximum atomic E-state index is 12.2. The molecule has 1 aromatic carbocycles. The molecule has 0 unspecified atom stereocenters. The molecule has 3 aromatic rings. The Morgan fingerprint density at radius 1 is 1.32 bits per heavy atom.